The first-order valence-corrected chi connectivity index (χ1v) is 10.3. The van der Waals surface area contributed by atoms with Crippen molar-refractivity contribution in [2.24, 2.45) is 0 Å². The smallest absolute Gasteiger partial charge is 0.335 e. The molecule has 0 saturated carbocycles. The van der Waals surface area contributed by atoms with Crippen LogP contribution in [0, 0.1) is 11.3 Å². The molecule has 0 aliphatic rings. The maximum Gasteiger partial charge on any atom is 0.335 e. The van der Waals surface area contributed by atoms with E-state index in [1.807, 2.05) is 12.1 Å². The lowest BCUT2D eigenvalue weighted by Gasteiger charge is -2.14. The van der Waals surface area contributed by atoms with Crippen molar-refractivity contribution >= 4 is 35.2 Å². The Kier molecular flexibility index (Phi) is 8.18. The maximum absolute atomic E-state index is 12.7. The minimum atomic E-state index is -1.15. The number of amides is 2. The van der Waals surface area contributed by atoms with Crippen molar-refractivity contribution in [1.29, 1.82) is 5.26 Å². The van der Waals surface area contributed by atoms with E-state index in [0.29, 0.717) is 17.0 Å². The molecule has 3 rings (SSSR count). The first kappa shape index (κ1) is 24.5. The van der Waals surface area contributed by atoms with Gasteiger partial charge in [0.25, 0.3) is 11.8 Å². The predicted molar refractivity (Wildman–Crippen MR) is 129 cm³/mol. The number of carboxylic acid groups (broad SMARTS) is 1. The fourth-order valence-corrected chi connectivity index (χ4v) is 3.05. The summed E-state index contributed by atoms with van der Waals surface area (Å²) in [5, 5.41) is 23.9. The number of nitriles is 1. The Morgan fingerprint density at radius 3 is 2.37 bits per heavy atom. The quantitative estimate of drug-likeness (QED) is 0.317. The SMILES string of the molecule is COc1cccc(/C=C(/C#N)C(=O)Nc2cccc(C(=O)O)c2)c1OCC(=O)Nc1ccccc1. The molecule has 176 valence electrons. The van der Waals surface area contributed by atoms with Gasteiger partial charge >= 0.3 is 5.97 Å². The summed E-state index contributed by atoms with van der Waals surface area (Å²) in [7, 11) is 1.42. The van der Waals surface area contributed by atoms with Crippen molar-refractivity contribution in [3.63, 3.8) is 0 Å². The standard InChI is InChI=1S/C26H21N3O6/c1-34-22-12-6-7-17(24(22)35-16-23(30)28-20-9-3-2-4-10-20)13-19(15-27)25(31)29-21-11-5-8-18(14-21)26(32)33/h2-14H,16H2,1H3,(H,28,30)(H,29,31)(H,32,33)/b19-13-. The summed E-state index contributed by atoms with van der Waals surface area (Å²) in [6.07, 6.45) is 1.29. The van der Waals surface area contributed by atoms with Gasteiger partial charge in [0.2, 0.25) is 0 Å². The summed E-state index contributed by atoms with van der Waals surface area (Å²) in [5.74, 6) is -1.82. The van der Waals surface area contributed by atoms with Crippen molar-refractivity contribution in [3.8, 4) is 17.6 Å². The van der Waals surface area contributed by atoms with Crippen LogP contribution in [-0.2, 0) is 9.59 Å². The van der Waals surface area contributed by atoms with Crippen molar-refractivity contribution in [2.45, 2.75) is 0 Å². The zero-order valence-electron chi connectivity index (χ0n) is 18.6. The lowest BCUT2D eigenvalue weighted by molar-refractivity contribution is -0.118. The highest BCUT2D eigenvalue weighted by Crippen LogP contribution is 2.33. The topological polar surface area (TPSA) is 138 Å². The van der Waals surface area contributed by atoms with Crippen LogP contribution in [-0.4, -0.2) is 36.6 Å². The fraction of sp³-hybridized carbons (Fsp3) is 0.0769. The second-order valence-corrected chi connectivity index (χ2v) is 7.09. The van der Waals surface area contributed by atoms with Gasteiger partial charge in [0, 0.05) is 16.9 Å². The molecule has 0 fully saturated rings. The van der Waals surface area contributed by atoms with E-state index >= 15 is 0 Å². The number of rotatable bonds is 9. The number of benzene rings is 3. The molecule has 0 unspecified atom stereocenters. The van der Waals surface area contributed by atoms with Crippen LogP contribution in [0.4, 0.5) is 11.4 Å². The molecule has 0 radical (unpaired) electrons. The number of anilines is 2. The summed E-state index contributed by atoms with van der Waals surface area (Å²) in [4.78, 5) is 36.1. The molecule has 0 spiro atoms. The highest BCUT2D eigenvalue weighted by molar-refractivity contribution is 6.10. The van der Waals surface area contributed by atoms with E-state index in [-0.39, 0.29) is 29.2 Å². The van der Waals surface area contributed by atoms with Gasteiger partial charge in [-0.15, -0.1) is 0 Å². The van der Waals surface area contributed by atoms with E-state index in [0.717, 1.165) is 0 Å². The van der Waals surface area contributed by atoms with E-state index in [1.165, 1.54) is 37.5 Å². The molecule has 0 aliphatic heterocycles. The van der Waals surface area contributed by atoms with Crippen LogP contribution in [0.5, 0.6) is 11.5 Å². The summed E-state index contributed by atoms with van der Waals surface area (Å²) in [6, 6.07) is 21.2. The number of nitrogens with zero attached hydrogens (tertiary/aromatic N) is 1. The highest BCUT2D eigenvalue weighted by atomic mass is 16.5. The van der Waals surface area contributed by atoms with Crippen LogP contribution < -0.4 is 20.1 Å². The van der Waals surface area contributed by atoms with E-state index in [1.54, 1.807) is 42.5 Å². The van der Waals surface area contributed by atoms with Crippen LogP contribution in [0.25, 0.3) is 6.08 Å². The van der Waals surface area contributed by atoms with E-state index in [2.05, 4.69) is 10.6 Å². The number of para-hydroxylation sites is 2. The largest absolute Gasteiger partial charge is 0.493 e. The number of nitrogens with one attached hydrogen (secondary N) is 2. The molecule has 35 heavy (non-hydrogen) atoms. The predicted octanol–water partition coefficient (Wildman–Crippen LogP) is 3.96. The van der Waals surface area contributed by atoms with Crippen molar-refractivity contribution in [2.75, 3.05) is 24.4 Å². The second-order valence-electron chi connectivity index (χ2n) is 7.09. The van der Waals surface area contributed by atoms with Gasteiger partial charge in [0.1, 0.15) is 11.6 Å². The number of ether oxygens (including phenoxy) is 2. The first-order valence-electron chi connectivity index (χ1n) is 10.3. The number of carbonyl (C=O) groups is 3. The van der Waals surface area contributed by atoms with Gasteiger partial charge in [-0.05, 0) is 42.5 Å². The van der Waals surface area contributed by atoms with Crippen LogP contribution in [0.1, 0.15) is 15.9 Å². The van der Waals surface area contributed by atoms with Gasteiger partial charge in [-0.25, -0.2) is 4.79 Å². The summed E-state index contributed by atoms with van der Waals surface area (Å²) in [5.41, 5.74) is 0.885. The number of carboxylic acids is 1. The molecule has 0 aliphatic carbocycles. The molecular formula is C26H21N3O6. The average molecular weight is 471 g/mol. The molecule has 2 amide bonds. The Balaban J connectivity index is 1.80. The first-order chi connectivity index (χ1) is 16.9. The number of aromatic carboxylic acids is 1. The van der Waals surface area contributed by atoms with Crippen LogP contribution in [0.15, 0.2) is 78.4 Å². The van der Waals surface area contributed by atoms with Crippen LogP contribution >= 0.6 is 0 Å². The van der Waals surface area contributed by atoms with Crippen molar-refractivity contribution in [3.05, 3.63) is 89.5 Å². The van der Waals surface area contributed by atoms with E-state index in [4.69, 9.17) is 14.6 Å². The van der Waals surface area contributed by atoms with Crippen molar-refractivity contribution < 1.29 is 29.0 Å². The lowest BCUT2D eigenvalue weighted by Crippen LogP contribution is -2.20. The molecule has 9 heteroatoms. The maximum atomic E-state index is 12.7. The third-order valence-electron chi connectivity index (χ3n) is 4.67. The zero-order chi connectivity index (χ0) is 25.2. The Labute approximate surface area is 201 Å². The Morgan fingerprint density at radius 2 is 1.69 bits per heavy atom. The minimum absolute atomic E-state index is 0.0115. The summed E-state index contributed by atoms with van der Waals surface area (Å²) >= 11 is 0. The molecule has 0 bridgehead atoms. The lowest BCUT2D eigenvalue weighted by atomic mass is 10.1. The van der Waals surface area contributed by atoms with Gasteiger partial charge in [-0.3, -0.25) is 9.59 Å². The van der Waals surface area contributed by atoms with Crippen molar-refractivity contribution in [1.82, 2.24) is 0 Å². The van der Waals surface area contributed by atoms with E-state index in [9.17, 15) is 19.6 Å². The molecule has 3 aromatic carbocycles. The monoisotopic (exact) mass is 471 g/mol. The van der Waals surface area contributed by atoms with Gasteiger partial charge in [-0.2, -0.15) is 5.26 Å². The summed E-state index contributed by atoms with van der Waals surface area (Å²) < 4.78 is 11.0. The molecule has 3 aromatic rings. The second kappa shape index (κ2) is 11.7. The van der Waals surface area contributed by atoms with E-state index < -0.39 is 17.8 Å². The van der Waals surface area contributed by atoms with Crippen LogP contribution in [0.2, 0.25) is 0 Å². The number of hydrogen-bond acceptors (Lipinski definition) is 6. The van der Waals surface area contributed by atoms with Gasteiger partial charge < -0.3 is 25.2 Å². The highest BCUT2D eigenvalue weighted by Gasteiger charge is 2.16. The molecule has 0 heterocycles. The molecule has 3 N–H and O–H groups in total. The summed E-state index contributed by atoms with van der Waals surface area (Å²) in [6.45, 7) is -0.341. The minimum Gasteiger partial charge on any atom is -0.493 e. The Bertz CT molecular complexity index is 1310. The zero-order valence-corrected chi connectivity index (χ0v) is 18.6. The average Bonchev–Trinajstić information content (AvgIpc) is 2.86. The number of hydrogen-bond donors (Lipinski definition) is 3. The molecule has 0 aromatic heterocycles. The number of methoxy groups -OCH3 is 1. The Hall–Kier alpha value is -5.10. The molecule has 0 saturated heterocycles. The fourth-order valence-electron chi connectivity index (χ4n) is 3.05. The normalized spacial score (nSPS) is 10.6. The molecular weight excluding hydrogens is 450 g/mol. The third-order valence-corrected chi connectivity index (χ3v) is 4.67. The third kappa shape index (κ3) is 6.69. The molecule has 9 nitrogen and oxygen atoms in total. The Morgan fingerprint density at radius 1 is 0.971 bits per heavy atom. The molecule has 0 atom stereocenters. The number of carbonyl (C=O) groups excluding carboxylic acids is 2. The van der Waals surface area contributed by atoms with Gasteiger partial charge in [-0.1, -0.05) is 36.4 Å². The van der Waals surface area contributed by atoms with Crippen LogP contribution in [0.3, 0.4) is 0 Å². The van der Waals surface area contributed by atoms with Gasteiger partial charge in [0.15, 0.2) is 18.1 Å². The van der Waals surface area contributed by atoms with Gasteiger partial charge in [0.05, 0.1) is 12.7 Å².